The van der Waals surface area contributed by atoms with Crippen molar-refractivity contribution in [3.05, 3.63) is 0 Å². The van der Waals surface area contributed by atoms with Gasteiger partial charge in [-0.2, -0.15) is 0 Å². The molecule has 19 heteroatoms. The van der Waals surface area contributed by atoms with E-state index in [0.29, 0.717) is 37.5 Å². The Morgan fingerprint density at radius 2 is 0.517 bits per heavy atom. The standard InChI is InChI=1S/C70H136O17P2/c1-8-9-10-11-12-13-14-15-16-17-18-19-20-25-30-39-46-53-69(74)86-65(57-80-67(72)51-44-37-29-24-22-21-23-27-34-41-48-61(2)3)59-84-88(76,77)82-55-64(71)56-83-89(78,79)85-60-66(58-81-68(73)52-45-38-33-32-36-43-50-63(6)7)87-70(75)54-47-40-31-26-28-35-42-49-62(4)5/h61-66,71H,8-60H2,1-7H3,(H,76,77)(H,78,79)/t64-,65-,66-/m1/s1. The van der Waals surface area contributed by atoms with Gasteiger partial charge in [0.1, 0.15) is 19.3 Å². The first-order valence-corrected chi connectivity index (χ1v) is 39.3. The molecule has 0 fully saturated rings. The Labute approximate surface area is 543 Å². The van der Waals surface area contributed by atoms with Gasteiger partial charge in [-0.1, -0.05) is 299 Å². The average molecular weight is 1310 g/mol. The smallest absolute Gasteiger partial charge is 0.462 e. The lowest BCUT2D eigenvalue weighted by molar-refractivity contribution is -0.161. The fourth-order valence-corrected chi connectivity index (χ4v) is 12.1. The summed E-state index contributed by atoms with van der Waals surface area (Å²) in [6.07, 6.45) is 44.7. The van der Waals surface area contributed by atoms with Crippen LogP contribution in [0.1, 0.15) is 350 Å². The summed E-state index contributed by atoms with van der Waals surface area (Å²) in [5.74, 6) is 0.00340. The molecule has 0 aliphatic heterocycles. The fraction of sp³-hybridized carbons (Fsp3) is 0.943. The van der Waals surface area contributed by atoms with Gasteiger partial charge in [0, 0.05) is 25.7 Å². The van der Waals surface area contributed by atoms with Crippen molar-refractivity contribution in [1.29, 1.82) is 0 Å². The number of hydrogen-bond acceptors (Lipinski definition) is 15. The maximum absolute atomic E-state index is 13.0. The Kier molecular flexibility index (Phi) is 59.6. The minimum atomic E-state index is -4.95. The number of carbonyl (C=O) groups excluding carboxylic acids is 4. The second kappa shape index (κ2) is 61.0. The molecule has 0 aliphatic rings. The number of unbranched alkanes of at least 4 members (excludes halogenated alkanes) is 36. The molecule has 0 amide bonds. The van der Waals surface area contributed by atoms with Gasteiger partial charge in [-0.15, -0.1) is 0 Å². The summed E-state index contributed by atoms with van der Waals surface area (Å²) in [5, 5.41) is 10.6. The molecule has 0 radical (unpaired) electrons. The van der Waals surface area contributed by atoms with E-state index in [2.05, 4.69) is 48.5 Å². The van der Waals surface area contributed by atoms with E-state index in [1.165, 1.54) is 154 Å². The molecular weight excluding hydrogens is 1170 g/mol. The first-order valence-electron chi connectivity index (χ1n) is 36.3. The van der Waals surface area contributed by atoms with Crippen LogP contribution in [0.5, 0.6) is 0 Å². The molecule has 0 aromatic rings. The summed E-state index contributed by atoms with van der Waals surface area (Å²) < 4.78 is 68.2. The summed E-state index contributed by atoms with van der Waals surface area (Å²) in [6, 6.07) is 0. The lowest BCUT2D eigenvalue weighted by atomic mass is 10.0. The summed E-state index contributed by atoms with van der Waals surface area (Å²) in [5.41, 5.74) is 0. The van der Waals surface area contributed by atoms with Gasteiger partial charge in [-0.05, 0) is 43.4 Å². The third-order valence-electron chi connectivity index (χ3n) is 16.1. The minimum Gasteiger partial charge on any atom is -0.462 e. The summed E-state index contributed by atoms with van der Waals surface area (Å²) in [4.78, 5) is 72.5. The highest BCUT2D eigenvalue weighted by molar-refractivity contribution is 7.47. The molecule has 5 atom stereocenters. The zero-order valence-electron chi connectivity index (χ0n) is 57.9. The highest BCUT2D eigenvalue weighted by Gasteiger charge is 2.30. The summed E-state index contributed by atoms with van der Waals surface area (Å²) >= 11 is 0. The average Bonchev–Trinajstić information content (AvgIpc) is 3.70. The van der Waals surface area contributed by atoms with Crippen LogP contribution in [0.2, 0.25) is 0 Å². The van der Waals surface area contributed by atoms with Crippen LogP contribution >= 0.6 is 15.6 Å². The van der Waals surface area contributed by atoms with Crippen molar-refractivity contribution in [3.8, 4) is 0 Å². The van der Waals surface area contributed by atoms with Crippen molar-refractivity contribution in [2.45, 2.75) is 369 Å². The molecule has 528 valence electrons. The van der Waals surface area contributed by atoms with E-state index in [9.17, 15) is 43.2 Å². The van der Waals surface area contributed by atoms with Gasteiger partial charge in [-0.25, -0.2) is 9.13 Å². The molecule has 0 aliphatic carbocycles. The van der Waals surface area contributed by atoms with Crippen molar-refractivity contribution in [3.63, 3.8) is 0 Å². The molecular formula is C70H136O17P2. The van der Waals surface area contributed by atoms with Gasteiger partial charge in [0.2, 0.25) is 0 Å². The van der Waals surface area contributed by atoms with Crippen LogP contribution in [0.15, 0.2) is 0 Å². The third kappa shape index (κ3) is 64.6. The van der Waals surface area contributed by atoms with E-state index >= 15 is 0 Å². The number of rotatable bonds is 68. The van der Waals surface area contributed by atoms with Crippen LogP contribution in [0.25, 0.3) is 0 Å². The van der Waals surface area contributed by atoms with E-state index in [0.717, 1.165) is 102 Å². The monoisotopic (exact) mass is 1310 g/mol. The molecule has 3 N–H and O–H groups in total. The van der Waals surface area contributed by atoms with Crippen molar-refractivity contribution in [1.82, 2.24) is 0 Å². The molecule has 89 heavy (non-hydrogen) atoms. The molecule has 17 nitrogen and oxygen atoms in total. The van der Waals surface area contributed by atoms with Gasteiger partial charge < -0.3 is 33.8 Å². The Balaban J connectivity index is 5.23. The normalized spacial score (nSPS) is 14.2. The van der Waals surface area contributed by atoms with Crippen LogP contribution < -0.4 is 0 Å². The van der Waals surface area contributed by atoms with Crippen LogP contribution in [-0.2, 0) is 65.4 Å². The number of phosphoric acid groups is 2. The SMILES string of the molecule is CCCCCCCCCCCCCCCCCCCC(=O)O[C@H](COC(=O)CCCCCCCCCCCCC(C)C)COP(=O)(O)OC[C@@H](O)COP(=O)(O)OC[C@@H](COC(=O)CCCCCCCCC(C)C)OC(=O)CCCCCCCCCC(C)C. The lowest BCUT2D eigenvalue weighted by Crippen LogP contribution is -2.30. The number of phosphoric ester groups is 2. The van der Waals surface area contributed by atoms with Crippen molar-refractivity contribution in [2.75, 3.05) is 39.6 Å². The Bertz CT molecular complexity index is 1750. The Morgan fingerprint density at radius 1 is 0.303 bits per heavy atom. The predicted molar refractivity (Wildman–Crippen MR) is 358 cm³/mol. The minimum absolute atomic E-state index is 0.102. The van der Waals surface area contributed by atoms with Crippen molar-refractivity contribution in [2.24, 2.45) is 17.8 Å². The second-order valence-corrected chi connectivity index (χ2v) is 29.6. The van der Waals surface area contributed by atoms with E-state index in [1.807, 2.05) is 0 Å². The summed E-state index contributed by atoms with van der Waals surface area (Å²) in [7, 11) is -9.90. The van der Waals surface area contributed by atoms with Gasteiger partial charge >= 0.3 is 39.5 Å². The first-order chi connectivity index (χ1) is 42.7. The van der Waals surface area contributed by atoms with Crippen molar-refractivity contribution < 1.29 is 80.2 Å². The van der Waals surface area contributed by atoms with Crippen molar-refractivity contribution >= 4 is 39.5 Å². The predicted octanol–water partition coefficient (Wildman–Crippen LogP) is 19.8. The number of ether oxygens (including phenoxy) is 4. The Hall–Kier alpha value is -1.94. The van der Waals surface area contributed by atoms with Crippen LogP contribution in [-0.4, -0.2) is 96.7 Å². The van der Waals surface area contributed by atoms with E-state index in [4.69, 9.17) is 37.0 Å². The number of esters is 4. The zero-order chi connectivity index (χ0) is 65.9. The topological polar surface area (TPSA) is 237 Å². The van der Waals surface area contributed by atoms with Gasteiger partial charge in [-0.3, -0.25) is 37.3 Å². The third-order valence-corrected chi connectivity index (χ3v) is 18.0. The zero-order valence-corrected chi connectivity index (χ0v) is 59.7. The molecule has 0 spiro atoms. The van der Waals surface area contributed by atoms with Crippen LogP contribution in [0, 0.1) is 17.8 Å². The number of hydrogen-bond donors (Lipinski definition) is 3. The highest BCUT2D eigenvalue weighted by atomic mass is 31.2. The van der Waals surface area contributed by atoms with Crippen LogP contribution in [0.4, 0.5) is 0 Å². The molecule has 2 unspecified atom stereocenters. The molecule has 0 heterocycles. The molecule has 0 saturated carbocycles. The van der Waals surface area contributed by atoms with E-state index < -0.39 is 97.5 Å². The molecule has 0 rings (SSSR count). The quantitative estimate of drug-likeness (QED) is 0.0222. The van der Waals surface area contributed by atoms with Gasteiger partial charge in [0.05, 0.1) is 26.4 Å². The number of aliphatic hydroxyl groups is 1. The number of carbonyl (C=O) groups is 4. The highest BCUT2D eigenvalue weighted by Crippen LogP contribution is 2.45. The fourth-order valence-electron chi connectivity index (χ4n) is 10.5. The summed E-state index contributed by atoms with van der Waals surface area (Å²) in [6.45, 7) is 11.7. The maximum atomic E-state index is 13.0. The second-order valence-electron chi connectivity index (χ2n) is 26.7. The lowest BCUT2D eigenvalue weighted by Gasteiger charge is -2.21. The van der Waals surface area contributed by atoms with Crippen LogP contribution in [0.3, 0.4) is 0 Å². The van der Waals surface area contributed by atoms with E-state index in [-0.39, 0.29) is 25.7 Å². The molecule has 0 aromatic carbocycles. The maximum Gasteiger partial charge on any atom is 0.472 e. The molecule has 0 aromatic heterocycles. The Morgan fingerprint density at radius 3 is 0.764 bits per heavy atom. The number of aliphatic hydroxyl groups excluding tert-OH is 1. The molecule has 0 saturated heterocycles. The van der Waals surface area contributed by atoms with E-state index in [1.54, 1.807) is 0 Å². The molecule has 0 bridgehead atoms. The largest absolute Gasteiger partial charge is 0.472 e. The van der Waals surface area contributed by atoms with Gasteiger partial charge in [0.15, 0.2) is 12.2 Å². The van der Waals surface area contributed by atoms with Gasteiger partial charge in [0.25, 0.3) is 0 Å². The first kappa shape index (κ1) is 87.1.